The Morgan fingerprint density at radius 3 is 2.34 bits per heavy atom. The van der Waals surface area contributed by atoms with Gasteiger partial charge in [0, 0.05) is 49.6 Å². The van der Waals surface area contributed by atoms with Crippen molar-refractivity contribution in [1.29, 1.82) is 0 Å². The monoisotopic (exact) mass is 411 g/mol. The number of carbonyl (C=O) groups is 2. The molecule has 1 N–H and O–H groups in total. The van der Waals surface area contributed by atoms with Gasteiger partial charge in [0.25, 0.3) is 5.91 Å². The highest BCUT2D eigenvalue weighted by atomic mass is 32.2. The number of nitrogens with one attached hydrogen (secondary N) is 1. The first-order valence-electron chi connectivity index (χ1n) is 10.1. The van der Waals surface area contributed by atoms with Gasteiger partial charge in [-0.2, -0.15) is 0 Å². The van der Waals surface area contributed by atoms with Crippen LogP contribution in [0.3, 0.4) is 0 Å². The van der Waals surface area contributed by atoms with Gasteiger partial charge in [0.2, 0.25) is 5.91 Å². The van der Waals surface area contributed by atoms with Gasteiger partial charge in [0.1, 0.15) is 0 Å². The van der Waals surface area contributed by atoms with Crippen LogP contribution in [0.15, 0.2) is 53.4 Å². The van der Waals surface area contributed by atoms with E-state index in [-0.39, 0.29) is 11.8 Å². The molecule has 0 saturated carbocycles. The van der Waals surface area contributed by atoms with Crippen LogP contribution in [0.25, 0.3) is 0 Å². The number of para-hydroxylation sites is 1. The number of nitrogens with zero attached hydrogens (tertiary/aromatic N) is 2. The number of thioether (sulfide) groups is 1. The molecule has 154 valence electrons. The van der Waals surface area contributed by atoms with Crippen molar-refractivity contribution in [1.82, 2.24) is 9.80 Å². The minimum atomic E-state index is 0.0287. The second-order valence-electron chi connectivity index (χ2n) is 7.18. The molecule has 0 atom stereocenters. The van der Waals surface area contributed by atoms with Gasteiger partial charge in [-0.05, 0) is 42.5 Å². The van der Waals surface area contributed by atoms with Crippen LogP contribution in [-0.4, -0.2) is 60.6 Å². The van der Waals surface area contributed by atoms with E-state index in [9.17, 15) is 9.59 Å². The molecule has 6 heteroatoms. The van der Waals surface area contributed by atoms with Gasteiger partial charge in [-0.25, -0.2) is 0 Å². The Bertz CT molecular complexity index is 830. The van der Waals surface area contributed by atoms with Crippen molar-refractivity contribution in [3.05, 3.63) is 59.7 Å². The average molecular weight is 412 g/mol. The SMILES string of the molecule is CCc1ccc(C(=O)N2CCN(CCC(=O)Nc3ccccc3SC)CC2)cc1. The summed E-state index contributed by atoms with van der Waals surface area (Å²) in [6.07, 6.45) is 3.43. The summed E-state index contributed by atoms with van der Waals surface area (Å²) in [5.41, 5.74) is 2.86. The molecule has 1 aliphatic rings. The molecule has 1 heterocycles. The molecule has 5 nitrogen and oxygen atoms in total. The lowest BCUT2D eigenvalue weighted by atomic mass is 10.1. The number of hydrogen-bond donors (Lipinski definition) is 1. The third-order valence-corrected chi connectivity index (χ3v) is 6.10. The smallest absolute Gasteiger partial charge is 0.253 e. The highest BCUT2D eigenvalue weighted by Crippen LogP contribution is 2.24. The summed E-state index contributed by atoms with van der Waals surface area (Å²) in [6.45, 7) is 5.82. The van der Waals surface area contributed by atoms with E-state index in [2.05, 4.69) is 17.1 Å². The molecule has 0 bridgehead atoms. The van der Waals surface area contributed by atoms with Gasteiger partial charge >= 0.3 is 0 Å². The molecule has 1 aliphatic heterocycles. The molecule has 0 spiro atoms. The van der Waals surface area contributed by atoms with Crippen molar-refractivity contribution in [2.75, 3.05) is 44.3 Å². The zero-order valence-electron chi connectivity index (χ0n) is 17.2. The molecule has 0 unspecified atom stereocenters. The largest absolute Gasteiger partial charge is 0.336 e. The fourth-order valence-electron chi connectivity index (χ4n) is 3.46. The predicted octanol–water partition coefficient (Wildman–Crippen LogP) is 3.76. The summed E-state index contributed by atoms with van der Waals surface area (Å²) in [5.74, 6) is 0.125. The Hall–Kier alpha value is -2.31. The lowest BCUT2D eigenvalue weighted by Crippen LogP contribution is -2.49. The molecule has 0 aliphatic carbocycles. The van der Waals surface area contributed by atoms with Gasteiger partial charge in [0.15, 0.2) is 0 Å². The molecule has 2 aromatic carbocycles. The standard InChI is InChI=1S/C23H29N3O2S/c1-3-18-8-10-19(11-9-18)23(28)26-16-14-25(15-17-26)13-12-22(27)24-20-6-4-5-7-21(20)29-2/h4-11H,3,12-17H2,1-2H3,(H,24,27). The normalized spacial score (nSPS) is 14.6. The maximum Gasteiger partial charge on any atom is 0.253 e. The van der Waals surface area contributed by atoms with E-state index in [1.165, 1.54) is 5.56 Å². The van der Waals surface area contributed by atoms with Crippen LogP contribution < -0.4 is 5.32 Å². The van der Waals surface area contributed by atoms with Crippen LogP contribution >= 0.6 is 11.8 Å². The number of piperazine rings is 1. The Morgan fingerprint density at radius 1 is 1.00 bits per heavy atom. The average Bonchev–Trinajstić information content (AvgIpc) is 2.78. The molecule has 1 saturated heterocycles. The molecular formula is C23H29N3O2S. The summed E-state index contributed by atoms with van der Waals surface area (Å²) in [6, 6.07) is 15.7. The van der Waals surface area contributed by atoms with E-state index >= 15 is 0 Å². The highest BCUT2D eigenvalue weighted by molar-refractivity contribution is 7.98. The third-order valence-electron chi connectivity index (χ3n) is 5.30. The maximum atomic E-state index is 12.7. The number of carbonyl (C=O) groups excluding carboxylic acids is 2. The summed E-state index contributed by atoms with van der Waals surface area (Å²) >= 11 is 1.62. The van der Waals surface area contributed by atoms with Crippen LogP contribution in [0, 0.1) is 0 Å². The van der Waals surface area contributed by atoms with Crippen molar-refractivity contribution in [3.63, 3.8) is 0 Å². The van der Waals surface area contributed by atoms with Gasteiger partial charge in [0.05, 0.1) is 5.69 Å². The van der Waals surface area contributed by atoms with E-state index in [0.29, 0.717) is 26.1 Å². The topological polar surface area (TPSA) is 52.7 Å². The zero-order valence-corrected chi connectivity index (χ0v) is 18.0. The Kier molecular flexibility index (Phi) is 7.72. The molecular weight excluding hydrogens is 382 g/mol. The maximum absolute atomic E-state index is 12.7. The van der Waals surface area contributed by atoms with Crippen LogP contribution in [0.4, 0.5) is 5.69 Å². The van der Waals surface area contributed by atoms with Crippen LogP contribution in [0.2, 0.25) is 0 Å². The number of rotatable bonds is 7. The van der Waals surface area contributed by atoms with Crippen LogP contribution in [0.1, 0.15) is 29.3 Å². The zero-order chi connectivity index (χ0) is 20.6. The quantitative estimate of drug-likeness (QED) is 0.705. The summed E-state index contributed by atoms with van der Waals surface area (Å²) < 4.78 is 0. The number of aryl methyl sites for hydroxylation is 1. The number of hydrogen-bond acceptors (Lipinski definition) is 4. The van der Waals surface area contributed by atoms with Crippen molar-refractivity contribution < 1.29 is 9.59 Å². The lowest BCUT2D eigenvalue weighted by Gasteiger charge is -2.34. The first-order chi connectivity index (χ1) is 14.1. The Balaban J connectivity index is 1.43. The van der Waals surface area contributed by atoms with E-state index in [1.807, 2.05) is 59.7 Å². The Labute approximate surface area is 177 Å². The summed E-state index contributed by atoms with van der Waals surface area (Å²) in [7, 11) is 0. The van der Waals surface area contributed by atoms with E-state index in [0.717, 1.165) is 35.7 Å². The first-order valence-corrected chi connectivity index (χ1v) is 11.4. The van der Waals surface area contributed by atoms with Gasteiger partial charge in [-0.3, -0.25) is 14.5 Å². The summed E-state index contributed by atoms with van der Waals surface area (Å²) in [5, 5.41) is 3.01. The number of benzene rings is 2. The predicted molar refractivity (Wildman–Crippen MR) is 120 cm³/mol. The third kappa shape index (κ3) is 5.84. The minimum absolute atomic E-state index is 0.0287. The van der Waals surface area contributed by atoms with E-state index in [4.69, 9.17) is 0 Å². The summed E-state index contributed by atoms with van der Waals surface area (Å²) in [4.78, 5) is 30.2. The number of anilines is 1. The van der Waals surface area contributed by atoms with E-state index < -0.39 is 0 Å². The molecule has 2 aromatic rings. The van der Waals surface area contributed by atoms with Crippen molar-refractivity contribution in [2.45, 2.75) is 24.7 Å². The highest BCUT2D eigenvalue weighted by Gasteiger charge is 2.22. The second kappa shape index (κ2) is 10.5. The first kappa shape index (κ1) is 21.4. The van der Waals surface area contributed by atoms with Crippen molar-refractivity contribution in [2.24, 2.45) is 0 Å². The fraction of sp³-hybridized carbons (Fsp3) is 0.391. The lowest BCUT2D eigenvalue weighted by molar-refractivity contribution is -0.116. The van der Waals surface area contributed by atoms with Crippen molar-refractivity contribution in [3.8, 4) is 0 Å². The molecule has 0 aromatic heterocycles. The van der Waals surface area contributed by atoms with Crippen LogP contribution in [-0.2, 0) is 11.2 Å². The fourth-order valence-corrected chi connectivity index (χ4v) is 4.01. The minimum Gasteiger partial charge on any atom is -0.336 e. The Morgan fingerprint density at radius 2 is 1.69 bits per heavy atom. The molecule has 29 heavy (non-hydrogen) atoms. The second-order valence-corrected chi connectivity index (χ2v) is 8.03. The van der Waals surface area contributed by atoms with Crippen molar-refractivity contribution >= 4 is 29.3 Å². The molecule has 3 rings (SSSR count). The van der Waals surface area contributed by atoms with Gasteiger partial charge in [-0.1, -0.05) is 31.2 Å². The van der Waals surface area contributed by atoms with E-state index in [1.54, 1.807) is 11.8 Å². The van der Waals surface area contributed by atoms with Gasteiger partial charge in [-0.15, -0.1) is 11.8 Å². The molecule has 1 fully saturated rings. The molecule has 0 radical (unpaired) electrons. The number of amides is 2. The molecule has 2 amide bonds. The van der Waals surface area contributed by atoms with Gasteiger partial charge < -0.3 is 10.2 Å². The van der Waals surface area contributed by atoms with Crippen LogP contribution in [0.5, 0.6) is 0 Å².